The van der Waals surface area contributed by atoms with E-state index in [4.69, 9.17) is 4.74 Å². The van der Waals surface area contributed by atoms with Gasteiger partial charge in [-0.2, -0.15) is 0 Å². The van der Waals surface area contributed by atoms with Crippen molar-refractivity contribution >= 4 is 21.7 Å². The Balaban J connectivity index is 2.19. The number of ketones is 1. The summed E-state index contributed by atoms with van der Waals surface area (Å²) in [4.78, 5) is 12.5. The van der Waals surface area contributed by atoms with Gasteiger partial charge in [0.1, 0.15) is 11.4 Å². The Hall–Kier alpha value is -0.830. The van der Waals surface area contributed by atoms with Gasteiger partial charge >= 0.3 is 0 Å². The zero-order chi connectivity index (χ0) is 11.6. The fourth-order valence-electron chi connectivity index (χ4n) is 2.63. The molecule has 1 aliphatic heterocycles. The van der Waals surface area contributed by atoms with E-state index in [1.807, 2.05) is 32.0 Å². The maximum Gasteiger partial charge on any atom is 0.176 e. The SMILES string of the molecule is CC1(C)Oc2ccc(Br)cc2C(=O)C12CC2. The molecule has 3 heteroatoms. The van der Waals surface area contributed by atoms with Crippen LogP contribution in [0.3, 0.4) is 0 Å². The van der Waals surface area contributed by atoms with Crippen LogP contribution >= 0.6 is 15.9 Å². The average molecular weight is 281 g/mol. The number of ether oxygens (including phenoxy) is 1. The van der Waals surface area contributed by atoms with Crippen molar-refractivity contribution in [3.63, 3.8) is 0 Å². The highest BCUT2D eigenvalue weighted by atomic mass is 79.9. The summed E-state index contributed by atoms with van der Waals surface area (Å²) in [5.74, 6) is 0.968. The second-order valence-electron chi connectivity index (χ2n) is 5.16. The molecule has 16 heavy (non-hydrogen) atoms. The Morgan fingerprint density at radius 1 is 1.31 bits per heavy atom. The zero-order valence-electron chi connectivity index (χ0n) is 9.34. The van der Waals surface area contributed by atoms with Crippen LogP contribution in [0.2, 0.25) is 0 Å². The molecule has 1 aromatic rings. The summed E-state index contributed by atoms with van der Waals surface area (Å²) in [7, 11) is 0. The van der Waals surface area contributed by atoms with Gasteiger partial charge in [0.15, 0.2) is 5.78 Å². The van der Waals surface area contributed by atoms with Gasteiger partial charge in [-0.3, -0.25) is 4.79 Å². The molecule has 0 aromatic heterocycles. The quantitative estimate of drug-likeness (QED) is 0.726. The molecule has 0 radical (unpaired) electrons. The van der Waals surface area contributed by atoms with Crippen molar-refractivity contribution < 1.29 is 9.53 Å². The van der Waals surface area contributed by atoms with E-state index in [-0.39, 0.29) is 16.8 Å². The summed E-state index contributed by atoms with van der Waals surface area (Å²) in [5.41, 5.74) is 0.0947. The van der Waals surface area contributed by atoms with Crippen LogP contribution in [0.5, 0.6) is 5.75 Å². The molecule has 0 atom stereocenters. The van der Waals surface area contributed by atoms with Gasteiger partial charge in [0, 0.05) is 4.47 Å². The molecule has 1 fully saturated rings. The van der Waals surface area contributed by atoms with Crippen molar-refractivity contribution in [3.05, 3.63) is 28.2 Å². The smallest absolute Gasteiger partial charge is 0.176 e. The Bertz CT molecular complexity index is 487. The maximum absolute atomic E-state index is 12.5. The maximum atomic E-state index is 12.5. The van der Waals surface area contributed by atoms with Gasteiger partial charge in [-0.1, -0.05) is 15.9 Å². The Labute approximate surface area is 103 Å². The van der Waals surface area contributed by atoms with Gasteiger partial charge < -0.3 is 4.74 Å². The first-order chi connectivity index (χ1) is 7.46. The predicted octanol–water partition coefficient (Wildman–Crippen LogP) is 3.58. The topological polar surface area (TPSA) is 26.3 Å². The second-order valence-corrected chi connectivity index (χ2v) is 6.08. The normalized spacial score (nSPS) is 23.8. The van der Waals surface area contributed by atoms with E-state index < -0.39 is 0 Å². The van der Waals surface area contributed by atoms with E-state index in [1.165, 1.54) is 0 Å². The first-order valence-corrected chi connectivity index (χ1v) is 6.29. The van der Waals surface area contributed by atoms with E-state index in [2.05, 4.69) is 15.9 Å². The van der Waals surface area contributed by atoms with Crippen LogP contribution in [0.25, 0.3) is 0 Å². The zero-order valence-corrected chi connectivity index (χ0v) is 10.9. The summed E-state index contributed by atoms with van der Waals surface area (Å²) < 4.78 is 6.91. The molecule has 1 saturated carbocycles. The van der Waals surface area contributed by atoms with Crippen LogP contribution in [0.15, 0.2) is 22.7 Å². The molecule has 1 heterocycles. The Kier molecular flexibility index (Phi) is 1.87. The molecule has 0 bridgehead atoms. The molecule has 1 spiro atoms. The third-order valence-corrected chi connectivity index (χ3v) is 4.38. The van der Waals surface area contributed by atoms with Crippen LogP contribution in [0.4, 0.5) is 0 Å². The van der Waals surface area contributed by atoms with Crippen LogP contribution in [0, 0.1) is 5.41 Å². The van der Waals surface area contributed by atoms with Crippen molar-refractivity contribution in [1.29, 1.82) is 0 Å². The van der Waals surface area contributed by atoms with E-state index in [9.17, 15) is 4.79 Å². The van der Waals surface area contributed by atoms with Crippen LogP contribution in [0.1, 0.15) is 37.0 Å². The van der Waals surface area contributed by atoms with Crippen LogP contribution < -0.4 is 4.74 Å². The lowest BCUT2D eigenvalue weighted by Gasteiger charge is -2.39. The monoisotopic (exact) mass is 280 g/mol. The van der Waals surface area contributed by atoms with Crippen molar-refractivity contribution in [1.82, 2.24) is 0 Å². The molecule has 0 saturated heterocycles. The van der Waals surface area contributed by atoms with Crippen LogP contribution in [-0.4, -0.2) is 11.4 Å². The lowest BCUT2D eigenvalue weighted by Crippen LogP contribution is -2.47. The lowest BCUT2D eigenvalue weighted by atomic mass is 9.78. The molecule has 2 nitrogen and oxygen atoms in total. The molecule has 2 aliphatic rings. The fraction of sp³-hybridized carbons (Fsp3) is 0.462. The summed E-state index contributed by atoms with van der Waals surface area (Å²) >= 11 is 3.40. The molecule has 84 valence electrons. The summed E-state index contributed by atoms with van der Waals surface area (Å²) in [6.07, 6.45) is 1.90. The van der Waals surface area contributed by atoms with E-state index in [1.54, 1.807) is 0 Å². The highest BCUT2D eigenvalue weighted by Gasteiger charge is 2.64. The minimum absolute atomic E-state index is 0.250. The second kappa shape index (κ2) is 2.89. The molecule has 1 aromatic carbocycles. The van der Waals surface area contributed by atoms with Gasteiger partial charge in [0.2, 0.25) is 0 Å². The fourth-order valence-corrected chi connectivity index (χ4v) is 2.99. The van der Waals surface area contributed by atoms with Crippen molar-refractivity contribution in [2.45, 2.75) is 32.3 Å². The highest BCUT2D eigenvalue weighted by molar-refractivity contribution is 9.10. The minimum atomic E-state index is -0.370. The molecule has 0 N–H and O–H groups in total. The molecule has 0 amide bonds. The van der Waals surface area contributed by atoms with Crippen molar-refractivity contribution in [3.8, 4) is 5.75 Å². The third-order valence-electron chi connectivity index (χ3n) is 3.89. The molecule has 3 rings (SSSR count). The van der Waals surface area contributed by atoms with Gasteiger partial charge in [-0.15, -0.1) is 0 Å². The number of rotatable bonds is 0. The van der Waals surface area contributed by atoms with Crippen molar-refractivity contribution in [2.75, 3.05) is 0 Å². The number of Topliss-reactive ketones (excluding diaryl/α,β-unsaturated/α-hetero) is 1. The molecular weight excluding hydrogens is 268 g/mol. The van der Waals surface area contributed by atoms with E-state index >= 15 is 0 Å². The number of carbonyl (C=O) groups is 1. The third kappa shape index (κ3) is 1.15. The first-order valence-electron chi connectivity index (χ1n) is 5.50. The number of hydrogen-bond donors (Lipinski definition) is 0. The van der Waals surface area contributed by atoms with E-state index in [0.29, 0.717) is 0 Å². The predicted molar refractivity (Wildman–Crippen MR) is 64.8 cm³/mol. The summed E-state index contributed by atoms with van der Waals surface area (Å²) in [5, 5.41) is 0. The Morgan fingerprint density at radius 2 is 2.00 bits per heavy atom. The van der Waals surface area contributed by atoms with Crippen molar-refractivity contribution in [2.24, 2.45) is 5.41 Å². The van der Waals surface area contributed by atoms with Gasteiger partial charge in [-0.05, 0) is 44.9 Å². The largest absolute Gasteiger partial charge is 0.486 e. The number of hydrogen-bond acceptors (Lipinski definition) is 2. The van der Waals surface area contributed by atoms with E-state index in [0.717, 1.165) is 28.6 Å². The first kappa shape index (κ1) is 10.3. The Morgan fingerprint density at radius 3 is 2.62 bits per heavy atom. The molecule has 1 aliphatic carbocycles. The van der Waals surface area contributed by atoms with Crippen LogP contribution in [-0.2, 0) is 0 Å². The molecular formula is C13H13BrO2. The summed E-state index contributed by atoms with van der Waals surface area (Å²) in [6, 6.07) is 5.65. The highest BCUT2D eigenvalue weighted by Crippen LogP contribution is 2.60. The number of carbonyl (C=O) groups excluding carboxylic acids is 1. The number of benzene rings is 1. The van der Waals surface area contributed by atoms with Gasteiger partial charge in [-0.25, -0.2) is 0 Å². The lowest BCUT2D eigenvalue weighted by molar-refractivity contribution is 0.0157. The number of fused-ring (bicyclic) bond motifs is 1. The standard InChI is InChI=1S/C13H13BrO2/c1-12(2)13(5-6-13)11(15)9-7-8(14)3-4-10(9)16-12/h3-4,7H,5-6H2,1-2H3. The van der Waals surface area contributed by atoms with Gasteiger partial charge in [0.05, 0.1) is 11.0 Å². The average Bonchev–Trinajstić information content (AvgIpc) is 2.99. The summed E-state index contributed by atoms with van der Waals surface area (Å²) in [6.45, 7) is 4.03. The number of halogens is 1. The van der Waals surface area contributed by atoms with Gasteiger partial charge in [0.25, 0.3) is 0 Å². The minimum Gasteiger partial charge on any atom is -0.486 e. The molecule has 0 unspecified atom stereocenters.